The summed E-state index contributed by atoms with van der Waals surface area (Å²) in [5, 5.41) is 17.9. The molecule has 0 fully saturated rings. The lowest BCUT2D eigenvalue weighted by Crippen LogP contribution is -2.29. The molecule has 0 atom stereocenters. The van der Waals surface area contributed by atoms with Crippen molar-refractivity contribution in [3.8, 4) is 0 Å². The van der Waals surface area contributed by atoms with Gasteiger partial charge in [0.15, 0.2) is 0 Å². The Labute approximate surface area is 139 Å². The van der Waals surface area contributed by atoms with Crippen molar-refractivity contribution >= 4 is 11.6 Å². The molecule has 1 amide bonds. The van der Waals surface area contributed by atoms with E-state index in [2.05, 4.69) is 10.4 Å². The number of aryl methyl sites for hydroxylation is 1. The number of nitrogens with one attached hydrogen (secondary N) is 1. The predicted octanol–water partition coefficient (Wildman–Crippen LogP) is 2.03. The van der Waals surface area contributed by atoms with Gasteiger partial charge in [-0.1, -0.05) is 12.1 Å². The van der Waals surface area contributed by atoms with Crippen LogP contribution < -0.4 is 5.32 Å². The maximum absolute atomic E-state index is 12.0. The Balaban J connectivity index is 1.47. The maximum atomic E-state index is 12.0. The molecule has 126 valence electrons. The zero-order valence-electron chi connectivity index (χ0n) is 13.4. The number of benzene rings is 1. The highest BCUT2D eigenvalue weighted by atomic mass is 16.6. The van der Waals surface area contributed by atoms with Crippen LogP contribution in [0.15, 0.2) is 30.5 Å². The second-order valence-corrected chi connectivity index (χ2v) is 6.00. The van der Waals surface area contributed by atoms with Gasteiger partial charge in [0.25, 0.3) is 5.69 Å². The number of hydrogen-bond donors (Lipinski definition) is 1. The minimum Gasteiger partial charge on any atom is -0.354 e. The Morgan fingerprint density at radius 3 is 2.75 bits per heavy atom. The van der Waals surface area contributed by atoms with E-state index in [9.17, 15) is 14.9 Å². The number of non-ortho nitro benzene ring substituents is 1. The van der Waals surface area contributed by atoms with Crippen molar-refractivity contribution < 1.29 is 9.72 Å². The van der Waals surface area contributed by atoms with Crippen LogP contribution in [0.5, 0.6) is 0 Å². The van der Waals surface area contributed by atoms with E-state index in [0.29, 0.717) is 13.1 Å². The SMILES string of the molecule is O=C(Cc1ccc([N+](=O)[O-])cc1)NCCn1ncc2c1CCCC2. The minimum atomic E-state index is -0.450. The number of nitro benzene ring substituents is 1. The smallest absolute Gasteiger partial charge is 0.269 e. The van der Waals surface area contributed by atoms with Gasteiger partial charge in [-0.2, -0.15) is 5.10 Å². The van der Waals surface area contributed by atoms with Crippen molar-refractivity contribution in [3.05, 3.63) is 57.4 Å². The summed E-state index contributed by atoms with van der Waals surface area (Å²) in [5.74, 6) is -0.0927. The Bertz CT molecular complexity index is 737. The van der Waals surface area contributed by atoms with Gasteiger partial charge in [-0.05, 0) is 36.8 Å². The number of carbonyl (C=O) groups is 1. The molecule has 0 saturated heterocycles. The lowest BCUT2D eigenvalue weighted by atomic mass is 9.98. The van der Waals surface area contributed by atoms with Crippen molar-refractivity contribution in [1.82, 2.24) is 15.1 Å². The van der Waals surface area contributed by atoms with Gasteiger partial charge in [-0.15, -0.1) is 0 Å². The second kappa shape index (κ2) is 7.25. The molecule has 1 aromatic heterocycles. The summed E-state index contributed by atoms with van der Waals surface area (Å²) in [5.41, 5.74) is 3.42. The predicted molar refractivity (Wildman–Crippen MR) is 88.7 cm³/mol. The highest BCUT2D eigenvalue weighted by Gasteiger charge is 2.14. The Morgan fingerprint density at radius 2 is 2.00 bits per heavy atom. The first-order valence-electron chi connectivity index (χ1n) is 8.17. The van der Waals surface area contributed by atoms with Crippen LogP contribution >= 0.6 is 0 Å². The van der Waals surface area contributed by atoms with Gasteiger partial charge in [0.2, 0.25) is 5.91 Å². The number of nitrogens with zero attached hydrogens (tertiary/aromatic N) is 3. The van der Waals surface area contributed by atoms with E-state index in [1.807, 2.05) is 10.9 Å². The molecule has 1 aliphatic carbocycles. The summed E-state index contributed by atoms with van der Waals surface area (Å²) >= 11 is 0. The fourth-order valence-electron chi connectivity index (χ4n) is 3.03. The molecule has 0 unspecified atom stereocenters. The summed E-state index contributed by atoms with van der Waals surface area (Å²) in [6, 6.07) is 6.06. The molecular weight excluding hydrogens is 308 g/mol. The zero-order chi connectivity index (χ0) is 16.9. The number of amides is 1. The van der Waals surface area contributed by atoms with Crippen molar-refractivity contribution in [1.29, 1.82) is 0 Å². The molecule has 0 aliphatic heterocycles. The molecule has 3 rings (SSSR count). The van der Waals surface area contributed by atoms with Crippen molar-refractivity contribution in [2.45, 2.75) is 38.6 Å². The first kappa shape index (κ1) is 16.2. The first-order valence-corrected chi connectivity index (χ1v) is 8.17. The van der Waals surface area contributed by atoms with Crippen LogP contribution in [0.1, 0.15) is 29.7 Å². The minimum absolute atomic E-state index is 0.0302. The van der Waals surface area contributed by atoms with E-state index in [0.717, 1.165) is 18.4 Å². The monoisotopic (exact) mass is 328 g/mol. The Kier molecular flexibility index (Phi) is 4.88. The molecule has 7 heteroatoms. The molecule has 24 heavy (non-hydrogen) atoms. The number of carbonyl (C=O) groups excluding carboxylic acids is 1. The topological polar surface area (TPSA) is 90.1 Å². The zero-order valence-corrected chi connectivity index (χ0v) is 13.4. The summed E-state index contributed by atoms with van der Waals surface area (Å²) in [6.07, 6.45) is 6.74. The highest BCUT2D eigenvalue weighted by Crippen LogP contribution is 2.20. The standard InChI is InChI=1S/C17H20N4O3/c22-17(11-13-5-7-15(8-6-13)21(23)24)18-9-10-20-16-4-2-1-3-14(16)12-19-20/h5-8,12H,1-4,9-11H2,(H,18,22). The van der Waals surface area contributed by atoms with Gasteiger partial charge in [-0.25, -0.2) is 0 Å². The van der Waals surface area contributed by atoms with Gasteiger partial charge in [-0.3, -0.25) is 19.6 Å². The fourth-order valence-corrected chi connectivity index (χ4v) is 3.03. The third kappa shape index (κ3) is 3.79. The number of aromatic nitrogens is 2. The number of fused-ring (bicyclic) bond motifs is 1. The van der Waals surface area contributed by atoms with Crippen molar-refractivity contribution in [2.24, 2.45) is 0 Å². The molecule has 0 bridgehead atoms. The average Bonchev–Trinajstić information content (AvgIpc) is 2.99. The number of nitro groups is 1. The van der Waals surface area contributed by atoms with Crippen molar-refractivity contribution in [2.75, 3.05) is 6.54 Å². The van der Waals surface area contributed by atoms with Crippen LogP contribution in [-0.4, -0.2) is 27.2 Å². The molecule has 0 spiro atoms. The molecule has 2 aromatic rings. The van der Waals surface area contributed by atoms with Crippen LogP contribution in [0.2, 0.25) is 0 Å². The first-order chi connectivity index (χ1) is 11.6. The molecule has 1 N–H and O–H groups in total. The van der Waals surface area contributed by atoms with Crippen LogP contribution in [-0.2, 0) is 30.6 Å². The van der Waals surface area contributed by atoms with Gasteiger partial charge in [0.05, 0.1) is 24.1 Å². The second-order valence-electron chi connectivity index (χ2n) is 6.00. The Morgan fingerprint density at radius 1 is 1.25 bits per heavy atom. The van der Waals surface area contributed by atoms with Gasteiger partial charge in [0, 0.05) is 24.4 Å². The fraction of sp³-hybridized carbons (Fsp3) is 0.412. The van der Waals surface area contributed by atoms with Crippen LogP contribution in [0, 0.1) is 10.1 Å². The lowest BCUT2D eigenvalue weighted by molar-refractivity contribution is -0.384. The summed E-state index contributed by atoms with van der Waals surface area (Å²) in [7, 11) is 0. The summed E-state index contributed by atoms with van der Waals surface area (Å²) < 4.78 is 1.99. The van der Waals surface area contributed by atoms with E-state index in [1.165, 1.54) is 36.2 Å². The third-order valence-electron chi connectivity index (χ3n) is 4.30. The molecule has 0 radical (unpaired) electrons. The van der Waals surface area contributed by atoms with Crippen LogP contribution in [0.25, 0.3) is 0 Å². The Hall–Kier alpha value is -2.70. The molecular formula is C17H20N4O3. The van der Waals surface area contributed by atoms with E-state index in [1.54, 1.807) is 12.1 Å². The summed E-state index contributed by atoms with van der Waals surface area (Å²) in [6.45, 7) is 1.20. The molecule has 1 aliphatic rings. The maximum Gasteiger partial charge on any atom is 0.269 e. The third-order valence-corrected chi connectivity index (χ3v) is 4.30. The van der Waals surface area contributed by atoms with Gasteiger partial charge >= 0.3 is 0 Å². The van der Waals surface area contributed by atoms with E-state index < -0.39 is 4.92 Å². The summed E-state index contributed by atoms with van der Waals surface area (Å²) in [4.78, 5) is 22.1. The van der Waals surface area contributed by atoms with Gasteiger partial charge < -0.3 is 5.32 Å². The highest BCUT2D eigenvalue weighted by molar-refractivity contribution is 5.78. The van der Waals surface area contributed by atoms with Crippen LogP contribution in [0.4, 0.5) is 5.69 Å². The lowest BCUT2D eigenvalue weighted by Gasteiger charge is -2.14. The average molecular weight is 328 g/mol. The quantitative estimate of drug-likeness (QED) is 0.649. The molecule has 1 aromatic carbocycles. The molecule has 7 nitrogen and oxygen atoms in total. The van der Waals surface area contributed by atoms with E-state index >= 15 is 0 Å². The van der Waals surface area contributed by atoms with Crippen molar-refractivity contribution in [3.63, 3.8) is 0 Å². The largest absolute Gasteiger partial charge is 0.354 e. The molecule has 1 heterocycles. The molecule has 0 saturated carbocycles. The van der Waals surface area contributed by atoms with Gasteiger partial charge in [0.1, 0.15) is 0 Å². The normalized spacial score (nSPS) is 13.3. The number of hydrogen-bond acceptors (Lipinski definition) is 4. The van der Waals surface area contributed by atoms with E-state index in [-0.39, 0.29) is 18.0 Å². The van der Waals surface area contributed by atoms with Crippen LogP contribution in [0.3, 0.4) is 0 Å². The number of rotatable bonds is 6. The van der Waals surface area contributed by atoms with E-state index in [4.69, 9.17) is 0 Å².